The van der Waals surface area contributed by atoms with Crippen LogP contribution in [0.1, 0.15) is 35.4 Å². The van der Waals surface area contributed by atoms with Gasteiger partial charge >= 0.3 is 12.0 Å². The monoisotopic (exact) mass is 1050 g/mol. The van der Waals surface area contributed by atoms with Gasteiger partial charge in [-0.05, 0) is 75.0 Å². The number of hydrogen-bond acceptors (Lipinski definition) is 16. The number of carbonyl (C=O) groups is 2. The Hall–Kier alpha value is -7.70. The van der Waals surface area contributed by atoms with Crippen molar-refractivity contribution in [1.29, 1.82) is 0 Å². The fourth-order valence-corrected chi connectivity index (χ4v) is 12.5. The van der Waals surface area contributed by atoms with Crippen LogP contribution in [0, 0.1) is 5.92 Å². The third-order valence-corrected chi connectivity index (χ3v) is 16.8. The molecule has 18 heteroatoms. The Kier molecular flexibility index (Phi) is 14.4. The average molecular weight is 1060 g/mol. The van der Waals surface area contributed by atoms with Gasteiger partial charge in [0.2, 0.25) is 11.8 Å². The van der Waals surface area contributed by atoms with Crippen LogP contribution in [0.25, 0.3) is 21.5 Å². The minimum atomic E-state index is -0.0863. The summed E-state index contributed by atoms with van der Waals surface area (Å²) in [5.74, 6) is 3.14. The molecule has 2 aromatic heterocycles. The summed E-state index contributed by atoms with van der Waals surface area (Å²) in [6, 6.07) is 25.5. The first-order valence-corrected chi connectivity index (χ1v) is 27.7. The topological polar surface area (TPSA) is 160 Å². The van der Waals surface area contributed by atoms with Crippen molar-refractivity contribution < 1.29 is 28.9 Å². The Morgan fingerprint density at radius 3 is 1.72 bits per heavy atom. The summed E-state index contributed by atoms with van der Waals surface area (Å²) in [4.78, 5) is 63.1. The minimum Gasteiger partial charge on any atom is -0.508 e. The molecule has 78 heavy (non-hydrogen) atoms. The Bertz CT molecular complexity index is 3250. The third-order valence-electron chi connectivity index (χ3n) is 16.8. The number of phenols is 1. The van der Waals surface area contributed by atoms with Gasteiger partial charge in [-0.15, -0.1) is 0 Å². The second-order valence-electron chi connectivity index (χ2n) is 21.8. The molecule has 6 aliphatic rings. The van der Waals surface area contributed by atoms with Gasteiger partial charge in [-0.1, -0.05) is 61.7 Å². The fourth-order valence-electron chi connectivity index (χ4n) is 12.5. The van der Waals surface area contributed by atoms with E-state index in [4.69, 9.17) is 34.1 Å². The number of piperazine rings is 2. The van der Waals surface area contributed by atoms with Crippen molar-refractivity contribution in [3.05, 3.63) is 121 Å². The molecule has 4 fully saturated rings. The van der Waals surface area contributed by atoms with Crippen LogP contribution in [0.15, 0.2) is 98.1 Å². The van der Waals surface area contributed by atoms with E-state index in [0.717, 1.165) is 131 Å². The van der Waals surface area contributed by atoms with Crippen LogP contribution in [0.2, 0.25) is 0 Å². The van der Waals surface area contributed by atoms with Crippen molar-refractivity contribution in [3.63, 3.8) is 0 Å². The molecule has 0 radical (unpaired) electrons. The highest BCUT2D eigenvalue weighted by Gasteiger charge is 2.35. The fraction of sp³-hybridized carbons (Fsp3) is 0.433. The molecule has 8 heterocycles. The molecule has 4 saturated heterocycles. The first-order valence-electron chi connectivity index (χ1n) is 27.7. The lowest BCUT2D eigenvalue weighted by atomic mass is 10.0. The molecule has 1 N–H and O–H groups in total. The SMILES string of the molecule is C=CC(=O)N1CCN(c2nc(OC[C@H]3CCN(C)C3)nc3c2CCN(c2cc(OC4C[C@H](COc5nc6c(c(N7CCN(C(=O)C=C)CC7)n5)CCN(c5cc(O)cc7ccccc57)C6)N(C)C4)cc4ccccc24)C3)CC1. The number of ether oxygens (including phenoxy) is 3. The molecule has 3 atom stereocenters. The molecule has 2 amide bonds. The molecule has 18 nitrogen and oxygen atoms in total. The zero-order chi connectivity index (χ0) is 53.4. The van der Waals surface area contributed by atoms with Gasteiger partial charge in [-0.2, -0.15) is 19.9 Å². The molecule has 0 bridgehead atoms. The largest absolute Gasteiger partial charge is 0.508 e. The molecule has 0 aliphatic carbocycles. The number of likely N-dealkylation sites (N-methyl/N-ethyl adjacent to an activating group) is 1. The lowest BCUT2D eigenvalue weighted by Crippen LogP contribution is -2.49. The number of carbonyl (C=O) groups excluding carboxylic acids is 2. The number of aromatic hydroxyl groups is 1. The smallest absolute Gasteiger partial charge is 0.318 e. The van der Waals surface area contributed by atoms with E-state index in [0.29, 0.717) is 96.6 Å². The number of rotatable bonds is 14. The Morgan fingerprint density at radius 2 is 1.17 bits per heavy atom. The number of benzene rings is 4. The van der Waals surface area contributed by atoms with E-state index in [1.54, 1.807) is 6.07 Å². The normalized spacial score (nSPS) is 21.0. The summed E-state index contributed by atoms with van der Waals surface area (Å²) >= 11 is 0. The Balaban J connectivity index is 0.763. The van der Waals surface area contributed by atoms with Gasteiger partial charge < -0.3 is 53.6 Å². The van der Waals surface area contributed by atoms with Gasteiger partial charge in [0.1, 0.15) is 35.8 Å². The van der Waals surface area contributed by atoms with E-state index in [-0.39, 0.29) is 29.7 Å². The van der Waals surface area contributed by atoms with E-state index < -0.39 is 0 Å². The predicted octanol–water partition coefficient (Wildman–Crippen LogP) is 5.93. The maximum Gasteiger partial charge on any atom is 0.318 e. The Labute approximate surface area is 456 Å². The molecular weight excluding hydrogens is 985 g/mol. The highest BCUT2D eigenvalue weighted by Crippen LogP contribution is 2.40. The van der Waals surface area contributed by atoms with Crippen molar-refractivity contribution in [2.24, 2.45) is 5.92 Å². The summed E-state index contributed by atoms with van der Waals surface area (Å²) < 4.78 is 20.0. The highest BCUT2D eigenvalue weighted by atomic mass is 16.5. The zero-order valence-corrected chi connectivity index (χ0v) is 44.9. The minimum absolute atomic E-state index is 0.0416. The van der Waals surface area contributed by atoms with Gasteiger partial charge in [0.05, 0.1) is 31.1 Å². The molecule has 1 unspecified atom stereocenters. The summed E-state index contributed by atoms with van der Waals surface area (Å²) in [5.41, 5.74) is 6.15. The molecule has 4 aromatic carbocycles. The lowest BCUT2D eigenvalue weighted by Gasteiger charge is -2.38. The first-order chi connectivity index (χ1) is 38.0. The zero-order valence-electron chi connectivity index (χ0n) is 44.9. The highest BCUT2D eigenvalue weighted by molar-refractivity contribution is 5.97. The summed E-state index contributed by atoms with van der Waals surface area (Å²) in [5, 5.41) is 15.1. The van der Waals surface area contributed by atoms with Crippen LogP contribution in [0.3, 0.4) is 0 Å². The van der Waals surface area contributed by atoms with Crippen LogP contribution >= 0.6 is 0 Å². The number of fused-ring (bicyclic) bond motifs is 4. The number of hydrogen-bond donors (Lipinski definition) is 1. The maximum atomic E-state index is 12.5. The van der Waals surface area contributed by atoms with E-state index in [9.17, 15) is 14.7 Å². The van der Waals surface area contributed by atoms with Crippen LogP contribution in [0.5, 0.6) is 23.5 Å². The number of phenolic OH excluding ortho intramolecular Hbond substituents is 1. The molecule has 0 saturated carbocycles. The van der Waals surface area contributed by atoms with Crippen molar-refractivity contribution >= 4 is 56.4 Å². The van der Waals surface area contributed by atoms with Gasteiger partial charge in [-0.25, -0.2) is 0 Å². The molecule has 0 spiro atoms. The van der Waals surface area contributed by atoms with E-state index in [1.165, 1.54) is 12.2 Å². The third kappa shape index (κ3) is 10.5. The van der Waals surface area contributed by atoms with Crippen LogP contribution in [0.4, 0.5) is 23.0 Å². The molecule has 6 aromatic rings. The molecule has 6 aliphatic heterocycles. The standard InChI is InChI=1S/C60H70N12O6/c1-5-55(74)67-21-25-69(26-22-67)57-50-17-20-72(37-52(50)61-59(63-57)76-38-40-15-18-65(3)34-40)54-33-45(30-42-12-8-10-14-48(42)54)78-46-31-43(66(4)35-46)39-77-60-62-51-36-71(53-32-44(73)29-41-11-7-9-13-47(41)53)19-16-49(51)58(64-60)70-27-23-68(24-28-70)56(75)6-2/h5-14,29-30,32-33,40,43,46,73H,1-2,15-28,31,34-39H2,3-4H3/t40-,43+,46?/m0/s1. The van der Waals surface area contributed by atoms with Crippen LogP contribution in [-0.4, -0.2) is 181 Å². The number of likely N-dealkylation sites (tertiary alicyclic amines) is 2. The van der Waals surface area contributed by atoms with Gasteiger partial charge in [0, 0.05) is 142 Å². The van der Waals surface area contributed by atoms with Gasteiger partial charge in [0.25, 0.3) is 0 Å². The quantitative estimate of drug-likeness (QED) is 0.128. The van der Waals surface area contributed by atoms with Crippen molar-refractivity contribution in [3.8, 4) is 23.5 Å². The predicted molar refractivity (Wildman–Crippen MR) is 303 cm³/mol. The first kappa shape index (κ1) is 51.1. The summed E-state index contributed by atoms with van der Waals surface area (Å²) in [6.07, 6.45) is 6.01. The van der Waals surface area contributed by atoms with E-state index in [1.807, 2.05) is 34.1 Å². The van der Waals surface area contributed by atoms with Crippen molar-refractivity contribution in [2.45, 2.75) is 50.9 Å². The van der Waals surface area contributed by atoms with E-state index >= 15 is 0 Å². The lowest BCUT2D eigenvalue weighted by molar-refractivity contribution is -0.127. The summed E-state index contributed by atoms with van der Waals surface area (Å²) in [6.45, 7) is 18.7. The van der Waals surface area contributed by atoms with E-state index in [2.05, 4.69) is 99.1 Å². The number of aromatic nitrogens is 4. The van der Waals surface area contributed by atoms with Crippen molar-refractivity contribution in [2.75, 3.05) is 132 Å². The average Bonchev–Trinajstić information content (AvgIpc) is 4.16. The van der Waals surface area contributed by atoms with Crippen LogP contribution in [-0.2, 0) is 35.5 Å². The Morgan fingerprint density at radius 1 is 0.628 bits per heavy atom. The second kappa shape index (κ2) is 22.0. The maximum absolute atomic E-state index is 12.5. The number of anilines is 4. The van der Waals surface area contributed by atoms with Crippen LogP contribution < -0.4 is 33.8 Å². The van der Waals surface area contributed by atoms with Gasteiger partial charge in [0.15, 0.2) is 0 Å². The van der Waals surface area contributed by atoms with Crippen molar-refractivity contribution in [1.82, 2.24) is 39.5 Å². The molecular formula is C60H70N12O6. The molecule has 406 valence electrons. The number of amides is 2. The second-order valence-corrected chi connectivity index (χ2v) is 21.8. The number of nitrogens with zero attached hydrogens (tertiary/aromatic N) is 12. The molecule has 12 rings (SSSR count). The van der Waals surface area contributed by atoms with Gasteiger partial charge in [-0.3, -0.25) is 14.5 Å². The summed E-state index contributed by atoms with van der Waals surface area (Å²) in [7, 11) is 4.28.